The summed E-state index contributed by atoms with van der Waals surface area (Å²) in [5.41, 5.74) is 0. The Morgan fingerprint density at radius 3 is 2.79 bits per heavy atom. The fraction of sp³-hybridized carbons (Fsp3) is 0.333. The van der Waals surface area contributed by atoms with Gasteiger partial charge in [-0.15, -0.1) is 0 Å². The zero-order valence-electron chi connectivity index (χ0n) is 13.2. The van der Waals surface area contributed by atoms with Crippen LogP contribution < -0.4 is 4.74 Å². The largest absolute Gasteiger partial charge is 0.484 e. The smallest absolute Gasteiger partial charge is 0.306 e. The Bertz CT molecular complexity index is 745. The third kappa shape index (κ3) is 4.02. The van der Waals surface area contributed by atoms with E-state index in [0.29, 0.717) is 18.9 Å². The zero-order valence-corrected chi connectivity index (χ0v) is 13.2. The Labute approximate surface area is 139 Å². The van der Waals surface area contributed by atoms with Crippen LogP contribution in [-0.4, -0.2) is 54.3 Å². The number of carboxylic acid groups (broad SMARTS) is 1. The number of fused-ring (bicyclic) bond motifs is 1. The molecule has 0 saturated carbocycles. The van der Waals surface area contributed by atoms with Crippen molar-refractivity contribution in [2.24, 2.45) is 0 Å². The highest BCUT2D eigenvalue weighted by atomic mass is 16.5. The van der Waals surface area contributed by atoms with Crippen molar-refractivity contribution in [3.63, 3.8) is 0 Å². The van der Waals surface area contributed by atoms with Crippen LogP contribution in [-0.2, 0) is 14.3 Å². The SMILES string of the molecule is O=C(O)CC1CN(C(=O)COc2ccc3ccccc3c2)CCO1. The average molecular weight is 329 g/mol. The number of carbonyl (C=O) groups excluding carboxylic acids is 1. The van der Waals surface area contributed by atoms with Gasteiger partial charge in [-0.3, -0.25) is 9.59 Å². The number of aliphatic carboxylic acids is 1. The Balaban J connectivity index is 1.56. The molecule has 0 aromatic heterocycles. The van der Waals surface area contributed by atoms with Gasteiger partial charge >= 0.3 is 5.97 Å². The summed E-state index contributed by atoms with van der Waals surface area (Å²) in [5.74, 6) is -0.457. The van der Waals surface area contributed by atoms with Crippen LogP contribution in [0.3, 0.4) is 0 Å². The van der Waals surface area contributed by atoms with Crippen LogP contribution in [0.15, 0.2) is 42.5 Å². The van der Waals surface area contributed by atoms with Gasteiger partial charge in [0.05, 0.1) is 19.1 Å². The Morgan fingerprint density at radius 2 is 2.00 bits per heavy atom. The number of amides is 1. The molecule has 1 aliphatic heterocycles. The Morgan fingerprint density at radius 1 is 1.21 bits per heavy atom. The van der Waals surface area contributed by atoms with Crippen molar-refractivity contribution in [2.75, 3.05) is 26.3 Å². The molecule has 1 heterocycles. The van der Waals surface area contributed by atoms with Crippen molar-refractivity contribution >= 4 is 22.6 Å². The second kappa shape index (κ2) is 7.31. The van der Waals surface area contributed by atoms with E-state index in [1.807, 2.05) is 42.5 Å². The number of nitrogens with zero attached hydrogens (tertiary/aromatic N) is 1. The number of hydrogen-bond donors (Lipinski definition) is 1. The number of carboxylic acids is 1. The van der Waals surface area contributed by atoms with Crippen LogP contribution in [0.4, 0.5) is 0 Å². The molecule has 0 radical (unpaired) electrons. The van der Waals surface area contributed by atoms with Gasteiger partial charge in [-0.25, -0.2) is 0 Å². The predicted octanol–water partition coefficient (Wildman–Crippen LogP) is 1.92. The van der Waals surface area contributed by atoms with E-state index in [9.17, 15) is 9.59 Å². The summed E-state index contributed by atoms with van der Waals surface area (Å²) in [6.07, 6.45) is -0.559. The molecule has 3 rings (SSSR count). The van der Waals surface area contributed by atoms with E-state index in [1.54, 1.807) is 4.90 Å². The minimum absolute atomic E-state index is 0.0713. The monoisotopic (exact) mass is 329 g/mol. The molecule has 1 N–H and O–H groups in total. The Hall–Kier alpha value is -2.60. The van der Waals surface area contributed by atoms with Crippen molar-refractivity contribution in [3.8, 4) is 5.75 Å². The zero-order chi connectivity index (χ0) is 16.9. The molecule has 2 aromatic carbocycles. The molecule has 0 bridgehead atoms. The van der Waals surface area contributed by atoms with Crippen LogP contribution >= 0.6 is 0 Å². The topological polar surface area (TPSA) is 76.1 Å². The number of rotatable bonds is 5. The lowest BCUT2D eigenvalue weighted by Gasteiger charge is -2.32. The molecule has 1 fully saturated rings. The maximum atomic E-state index is 12.3. The lowest BCUT2D eigenvalue weighted by Crippen LogP contribution is -2.47. The Kier molecular flexibility index (Phi) is 4.96. The fourth-order valence-electron chi connectivity index (χ4n) is 2.76. The summed E-state index contributed by atoms with van der Waals surface area (Å²) in [4.78, 5) is 24.6. The maximum absolute atomic E-state index is 12.3. The van der Waals surface area contributed by atoms with Crippen LogP contribution in [0.5, 0.6) is 5.75 Å². The summed E-state index contributed by atoms with van der Waals surface area (Å²) in [7, 11) is 0. The first kappa shape index (κ1) is 16.3. The molecular weight excluding hydrogens is 310 g/mol. The van der Waals surface area contributed by atoms with E-state index in [1.165, 1.54) is 0 Å². The molecule has 24 heavy (non-hydrogen) atoms. The van der Waals surface area contributed by atoms with Gasteiger partial charge in [0.15, 0.2) is 6.61 Å². The molecule has 0 aliphatic carbocycles. The standard InChI is InChI=1S/C18H19NO5/c20-17(19-7-8-23-16(11-19)10-18(21)22)12-24-15-6-5-13-3-1-2-4-14(13)9-15/h1-6,9,16H,7-8,10-12H2,(H,21,22). The van der Waals surface area contributed by atoms with Gasteiger partial charge in [-0.1, -0.05) is 30.3 Å². The number of benzene rings is 2. The van der Waals surface area contributed by atoms with Gasteiger partial charge in [-0.2, -0.15) is 0 Å². The molecule has 126 valence electrons. The van der Waals surface area contributed by atoms with Gasteiger partial charge in [-0.05, 0) is 22.9 Å². The molecule has 6 nitrogen and oxygen atoms in total. The minimum atomic E-state index is -0.929. The molecule has 2 aromatic rings. The number of ether oxygens (including phenoxy) is 2. The van der Waals surface area contributed by atoms with Gasteiger partial charge < -0.3 is 19.5 Å². The molecule has 1 amide bonds. The van der Waals surface area contributed by atoms with Crippen molar-refractivity contribution in [2.45, 2.75) is 12.5 Å². The van der Waals surface area contributed by atoms with E-state index >= 15 is 0 Å². The van der Waals surface area contributed by atoms with Gasteiger partial charge in [0.2, 0.25) is 0 Å². The average Bonchev–Trinajstić information content (AvgIpc) is 2.59. The third-order valence-electron chi connectivity index (χ3n) is 3.98. The molecule has 1 unspecified atom stereocenters. The van der Waals surface area contributed by atoms with Crippen molar-refractivity contribution in [3.05, 3.63) is 42.5 Å². The van der Waals surface area contributed by atoms with Crippen molar-refractivity contribution in [1.82, 2.24) is 4.90 Å². The summed E-state index contributed by atoms with van der Waals surface area (Å²) in [6.45, 7) is 1.01. The summed E-state index contributed by atoms with van der Waals surface area (Å²) >= 11 is 0. The second-order valence-electron chi connectivity index (χ2n) is 5.73. The van der Waals surface area contributed by atoms with Gasteiger partial charge in [0.1, 0.15) is 5.75 Å². The number of morpholine rings is 1. The first-order valence-corrected chi connectivity index (χ1v) is 7.84. The quantitative estimate of drug-likeness (QED) is 0.907. The van der Waals surface area contributed by atoms with E-state index in [2.05, 4.69) is 0 Å². The number of carbonyl (C=O) groups is 2. The van der Waals surface area contributed by atoms with Crippen molar-refractivity contribution in [1.29, 1.82) is 0 Å². The molecule has 1 saturated heterocycles. The highest BCUT2D eigenvalue weighted by Gasteiger charge is 2.26. The molecule has 6 heteroatoms. The molecule has 0 spiro atoms. The summed E-state index contributed by atoms with van der Waals surface area (Å²) in [6, 6.07) is 13.6. The van der Waals surface area contributed by atoms with Crippen LogP contribution in [0.2, 0.25) is 0 Å². The number of hydrogen-bond acceptors (Lipinski definition) is 4. The van der Waals surface area contributed by atoms with Gasteiger partial charge in [0, 0.05) is 13.1 Å². The van der Waals surface area contributed by atoms with Crippen molar-refractivity contribution < 1.29 is 24.2 Å². The highest BCUT2D eigenvalue weighted by Crippen LogP contribution is 2.20. The lowest BCUT2D eigenvalue weighted by atomic mass is 10.1. The van der Waals surface area contributed by atoms with E-state index in [0.717, 1.165) is 10.8 Å². The fourth-order valence-corrected chi connectivity index (χ4v) is 2.76. The maximum Gasteiger partial charge on any atom is 0.306 e. The third-order valence-corrected chi connectivity index (χ3v) is 3.98. The lowest BCUT2D eigenvalue weighted by molar-refractivity contribution is -0.148. The highest BCUT2D eigenvalue weighted by molar-refractivity contribution is 5.84. The van der Waals surface area contributed by atoms with Crippen LogP contribution in [0.25, 0.3) is 10.8 Å². The first-order chi connectivity index (χ1) is 11.6. The summed E-state index contributed by atoms with van der Waals surface area (Å²) < 4.78 is 11.0. The minimum Gasteiger partial charge on any atom is -0.484 e. The van der Waals surface area contributed by atoms with Crippen LogP contribution in [0, 0.1) is 0 Å². The van der Waals surface area contributed by atoms with Crippen LogP contribution in [0.1, 0.15) is 6.42 Å². The van der Waals surface area contributed by atoms with E-state index in [4.69, 9.17) is 14.6 Å². The molecule has 1 atom stereocenters. The van der Waals surface area contributed by atoms with Gasteiger partial charge in [0.25, 0.3) is 5.91 Å². The predicted molar refractivity (Wildman–Crippen MR) is 88.0 cm³/mol. The first-order valence-electron chi connectivity index (χ1n) is 7.84. The van der Waals surface area contributed by atoms with E-state index < -0.39 is 12.1 Å². The molecular formula is C18H19NO5. The normalized spacial score (nSPS) is 17.7. The summed E-state index contributed by atoms with van der Waals surface area (Å²) in [5, 5.41) is 11.0. The molecule has 1 aliphatic rings. The van der Waals surface area contributed by atoms with E-state index in [-0.39, 0.29) is 25.5 Å². The second-order valence-corrected chi connectivity index (χ2v) is 5.73.